The maximum atomic E-state index is 5.74. The van der Waals surface area contributed by atoms with Crippen LogP contribution in [0.3, 0.4) is 0 Å². The Bertz CT molecular complexity index is 348. The van der Waals surface area contributed by atoms with Crippen LogP contribution in [0.25, 0.3) is 0 Å². The third-order valence-corrected chi connectivity index (χ3v) is 2.72. The molecule has 0 aromatic carbocycles. The Morgan fingerprint density at radius 1 is 1.20 bits per heavy atom. The van der Waals surface area contributed by atoms with Crippen molar-refractivity contribution in [2.45, 2.75) is 26.3 Å². The maximum Gasteiger partial charge on any atom is 0.126 e. The van der Waals surface area contributed by atoms with E-state index >= 15 is 0 Å². The molecule has 114 valence electrons. The Balaban J connectivity index is 2.21. The van der Waals surface area contributed by atoms with Crippen molar-refractivity contribution in [2.24, 2.45) is 0 Å². The molecule has 0 saturated heterocycles. The average molecular weight is 282 g/mol. The molecule has 0 radical (unpaired) electrons. The minimum absolute atomic E-state index is 0.553. The zero-order chi connectivity index (χ0) is 14.5. The van der Waals surface area contributed by atoms with Crippen molar-refractivity contribution < 1.29 is 14.2 Å². The molecule has 1 heterocycles. The zero-order valence-corrected chi connectivity index (χ0v) is 12.6. The number of rotatable bonds is 12. The number of ether oxygens (including phenoxy) is 3. The van der Waals surface area contributed by atoms with Gasteiger partial charge in [0, 0.05) is 44.8 Å². The highest BCUT2D eigenvalue weighted by Gasteiger charge is 2.03. The Hall–Kier alpha value is -1.17. The van der Waals surface area contributed by atoms with Gasteiger partial charge in [-0.3, -0.25) is 4.98 Å². The Kier molecular flexibility index (Phi) is 9.83. The zero-order valence-electron chi connectivity index (χ0n) is 12.6. The van der Waals surface area contributed by atoms with E-state index in [1.807, 2.05) is 12.3 Å². The van der Waals surface area contributed by atoms with Gasteiger partial charge in [-0.05, 0) is 25.5 Å². The van der Waals surface area contributed by atoms with E-state index in [9.17, 15) is 0 Å². The fourth-order valence-corrected chi connectivity index (χ4v) is 1.71. The highest BCUT2D eigenvalue weighted by molar-refractivity contribution is 5.29. The van der Waals surface area contributed by atoms with Gasteiger partial charge in [0.2, 0.25) is 0 Å². The largest absolute Gasteiger partial charge is 0.491 e. The SMILES string of the molecule is CCCNCc1cnccc1OCCOCCCOC. The Morgan fingerprint density at radius 2 is 2.10 bits per heavy atom. The number of nitrogens with zero attached hydrogens (tertiary/aromatic N) is 1. The van der Waals surface area contributed by atoms with Crippen molar-refractivity contribution in [3.63, 3.8) is 0 Å². The van der Waals surface area contributed by atoms with Gasteiger partial charge in [-0.1, -0.05) is 6.92 Å². The van der Waals surface area contributed by atoms with E-state index in [1.165, 1.54) is 0 Å². The lowest BCUT2D eigenvalue weighted by Gasteiger charge is -2.11. The molecule has 0 unspecified atom stereocenters. The van der Waals surface area contributed by atoms with Gasteiger partial charge in [-0.25, -0.2) is 0 Å². The molecule has 0 fully saturated rings. The third-order valence-electron chi connectivity index (χ3n) is 2.72. The Morgan fingerprint density at radius 3 is 2.90 bits per heavy atom. The van der Waals surface area contributed by atoms with Crippen LogP contribution in [-0.2, 0) is 16.0 Å². The first kappa shape index (κ1) is 16.9. The highest BCUT2D eigenvalue weighted by atomic mass is 16.5. The van der Waals surface area contributed by atoms with E-state index in [0.717, 1.165) is 43.9 Å². The summed E-state index contributed by atoms with van der Waals surface area (Å²) >= 11 is 0. The summed E-state index contributed by atoms with van der Waals surface area (Å²) in [6.07, 6.45) is 5.62. The molecule has 5 heteroatoms. The number of hydrogen-bond donors (Lipinski definition) is 1. The van der Waals surface area contributed by atoms with Gasteiger partial charge in [-0.15, -0.1) is 0 Å². The molecule has 5 nitrogen and oxygen atoms in total. The first-order valence-electron chi connectivity index (χ1n) is 7.21. The van der Waals surface area contributed by atoms with Gasteiger partial charge in [0.05, 0.1) is 6.61 Å². The van der Waals surface area contributed by atoms with Crippen LogP contribution in [0.1, 0.15) is 25.3 Å². The molecule has 1 N–H and O–H groups in total. The number of aromatic nitrogens is 1. The summed E-state index contributed by atoms with van der Waals surface area (Å²) in [6.45, 7) is 6.51. The number of hydrogen-bond acceptors (Lipinski definition) is 5. The lowest BCUT2D eigenvalue weighted by molar-refractivity contribution is 0.0804. The van der Waals surface area contributed by atoms with Crippen LogP contribution < -0.4 is 10.1 Å². The van der Waals surface area contributed by atoms with Crippen molar-refractivity contribution >= 4 is 0 Å². The van der Waals surface area contributed by atoms with E-state index < -0.39 is 0 Å². The van der Waals surface area contributed by atoms with Gasteiger partial charge < -0.3 is 19.5 Å². The molecule has 0 atom stereocenters. The molecule has 0 bridgehead atoms. The average Bonchev–Trinajstić information content (AvgIpc) is 2.48. The van der Waals surface area contributed by atoms with Crippen LogP contribution in [0.2, 0.25) is 0 Å². The normalized spacial score (nSPS) is 10.7. The molecular weight excluding hydrogens is 256 g/mol. The van der Waals surface area contributed by atoms with Gasteiger partial charge in [0.1, 0.15) is 12.4 Å². The smallest absolute Gasteiger partial charge is 0.126 e. The van der Waals surface area contributed by atoms with Crippen molar-refractivity contribution in [2.75, 3.05) is 40.1 Å². The second-order valence-electron chi connectivity index (χ2n) is 4.47. The van der Waals surface area contributed by atoms with Gasteiger partial charge >= 0.3 is 0 Å². The van der Waals surface area contributed by atoms with Crippen molar-refractivity contribution in [3.8, 4) is 5.75 Å². The van der Waals surface area contributed by atoms with Gasteiger partial charge in [0.25, 0.3) is 0 Å². The third kappa shape index (κ3) is 7.43. The fraction of sp³-hybridized carbons (Fsp3) is 0.667. The minimum Gasteiger partial charge on any atom is -0.491 e. The minimum atomic E-state index is 0.553. The molecule has 1 aromatic rings. The van der Waals surface area contributed by atoms with Gasteiger partial charge in [0.15, 0.2) is 0 Å². The summed E-state index contributed by atoms with van der Waals surface area (Å²) in [4.78, 5) is 4.14. The quantitative estimate of drug-likeness (QED) is 0.594. The van der Waals surface area contributed by atoms with Crippen molar-refractivity contribution in [1.29, 1.82) is 0 Å². The second-order valence-corrected chi connectivity index (χ2v) is 4.47. The summed E-state index contributed by atoms with van der Waals surface area (Å²) in [7, 11) is 1.70. The first-order valence-corrected chi connectivity index (χ1v) is 7.21. The lowest BCUT2D eigenvalue weighted by atomic mass is 10.2. The van der Waals surface area contributed by atoms with Crippen LogP contribution in [0.4, 0.5) is 0 Å². The van der Waals surface area contributed by atoms with E-state index in [0.29, 0.717) is 19.8 Å². The topological polar surface area (TPSA) is 52.6 Å². The fourth-order valence-electron chi connectivity index (χ4n) is 1.71. The van der Waals surface area contributed by atoms with Crippen molar-refractivity contribution in [3.05, 3.63) is 24.0 Å². The molecule has 1 aromatic heterocycles. The lowest BCUT2D eigenvalue weighted by Crippen LogP contribution is -2.16. The molecule has 0 saturated carbocycles. The molecule has 0 aliphatic carbocycles. The molecular formula is C15H26N2O3. The van der Waals surface area contributed by atoms with Crippen LogP contribution in [0.5, 0.6) is 5.75 Å². The maximum absolute atomic E-state index is 5.74. The predicted molar refractivity (Wildman–Crippen MR) is 79.0 cm³/mol. The molecule has 0 aliphatic rings. The molecule has 0 amide bonds. The van der Waals surface area contributed by atoms with Crippen LogP contribution >= 0.6 is 0 Å². The van der Waals surface area contributed by atoms with Crippen LogP contribution in [0.15, 0.2) is 18.5 Å². The van der Waals surface area contributed by atoms with E-state index in [-0.39, 0.29) is 0 Å². The highest BCUT2D eigenvalue weighted by Crippen LogP contribution is 2.16. The molecule has 0 aliphatic heterocycles. The molecule has 20 heavy (non-hydrogen) atoms. The second kappa shape index (κ2) is 11.6. The van der Waals surface area contributed by atoms with E-state index in [1.54, 1.807) is 13.3 Å². The van der Waals surface area contributed by atoms with E-state index in [4.69, 9.17) is 14.2 Å². The molecule has 0 spiro atoms. The Labute approximate surface area is 121 Å². The summed E-state index contributed by atoms with van der Waals surface area (Å²) in [5.74, 6) is 0.879. The number of nitrogens with one attached hydrogen (secondary N) is 1. The van der Waals surface area contributed by atoms with Crippen LogP contribution in [0, 0.1) is 0 Å². The molecule has 1 rings (SSSR count). The number of pyridine rings is 1. The summed E-state index contributed by atoms with van der Waals surface area (Å²) in [5, 5.41) is 3.35. The van der Waals surface area contributed by atoms with Gasteiger partial charge in [-0.2, -0.15) is 0 Å². The first-order chi connectivity index (χ1) is 9.88. The monoisotopic (exact) mass is 282 g/mol. The summed E-state index contributed by atoms with van der Waals surface area (Å²) < 4.78 is 16.2. The van der Waals surface area contributed by atoms with Crippen molar-refractivity contribution in [1.82, 2.24) is 10.3 Å². The predicted octanol–water partition coefficient (Wildman–Crippen LogP) is 2.01. The summed E-state index contributed by atoms with van der Waals surface area (Å²) in [6, 6.07) is 1.90. The standard InChI is InChI=1S/C15H26N2O3/c1-3-6-16-12-14-13-17-7-5-15(14)20-11-10-19-9-4-8-18-2/h5,7,13,16H,3-4,6,8-12H2,1-2H3. The van der Waals surface area contributed by atoms with E-state index in [2.05, 4.69) is 17.2 Å². The summed E-state index contributed by atoms with van der Waals surface area (Å²) in [5.41, 5.74) is 1.08. The number of methoxy groups -OCH3 is 1. The van der Waals surface area contributed by atoms with Crippen LogP contribution in [-0.4, -0.2) is 45.1 Å².